The van der Waals surface area contributed by atoms with Gasteiger partial charge in [-0.3, -0.25) is 9.59 Å². The Hall–Kier alpha value is -1.06. The van der Waals surface area contributed by atoms with Crippen molar-refractivity contribution >= 4 is 11.8 Å². The molecule has 3 saturated carbocycles. The van der Waals surface area contributed by atoms with Gasteiger partial charge in [-0.1, -0.05) is 20.8 Å². The van der Waals surface area contributed by atoms with Crippen molar-refractivity contribution < 1.29 is 9.59 Å². The molecule has 3 N–H and O–H groups in total. The standard InChI is InChI=1S/C14H22N2O2/c1-13(2)7-4-5-14(3)10(9(7)13)11(14)12(18)16-6-8(15)17/h7,9-11H,4-6H2,1-3H3,(H2,15,17)(H,16,18)/t7-,9-,10?,11?,14?/m1/s1. The molecule has 3 aliphatic rings. The molecule has 0 aromatic rings. The lowest BCUT2D eigenvalue weighted by atomic mass is 9.90. The predicted octanol–water partition coefficient (Wildman–Crippen LogP) is 0.906. The van der Waals surface area contributed by atoms with E-state index in [0.29, 0.717) is 17.3 Å². The summed E-state index contributed by atoms with van der Waals surface area (Å²) < 4.78 is 0. The lowest BCUT2D eigenvalue weighted by molar-refractivity contribution is -0.126. The molecule has 5 atom stereocenters. The van der Waals surface area contributed by atoms with Gasteiger partial charge in [0.15, 0.2) is 0 Å². The SMILES string of the molecule is CC12CC[C@@H]3[C@H](C1C2C(=O)NCC(N)=O)C3(C)C. The molecule has 0 aromatic heterocycles. The normalized spacial score (nSPS) is 46.6. The second kappa shape index (κ2) is 3.28. The molecule has 0 spiro atoms. The number of nitrogens with two attached hydrogens (primary N) is 1. The summed E-state index contributed by atoms with van der Waals surface area (Å²) in [5, 5.41) is 2.68. The fourth-order valence-electron chi connectivity index (χ4n) is 4.80. The lowest BCUT2D eigenvalue weighted by Gasteiger charge is -2.15. The molecule has 0 heterocycles. The molecule has 0 aliphatic heterocycles. The van der Waals surface area contributed by atoms with Gasteiger partial charge in [0.05, 0.1) is 6.54 Å². The summed E-state index contributed by atoms with van der Waals surface area (Å²) in [6.07, 6.45) is 2.40. The number of primary amides is 1. The quantitative estimate of drug-likeness (QED) is 0.781. The number of rotatable bonds is 3. The van der Waals surface area contributed by atoms with Gasteiger partial charge in [-0.25, -0.2) is 0 Å². The summed E-state index contributed by atoms with van der Waals surface area (Å²) in [6.45, 7) is 6.85. The van der Waals surface area contributed by atoms with Gasteiger partial charge in [0.2, 0.25) is 11.8 Å². The fraction of sp³-hybridized carbons (Fsp3) is 0.857. The Morgan fingerprint density at radius 2 is 1.94 bits per heavy atom. The molecule has 0 radical (unpaired) electrons. The van der Waals surface area contributed by atoms with E-state index in [1.807, 2.05) is 0 Å². The van der Waals surface area contributed by atoms with Gasteiger partial charge in [0, 0.05) is 5.92 Å². The van der Waals surface area contributed by atoms with E-state index in [2.05, 4.69) is 26.1 Å². The van der Waals surface area contributed by atoms with Crippen molar-refractivity contribution in [3.8, 4) is 0 Å². The van der Waals surface area contributed by atoms with E-state index in [4.69, 9.17) is 5.73 Å². The third kappa shape index (κ3) is 1.38. The van der Waals surface area contributed by atoms with E-state index in [9.17, 15) is 9.59 Å². The van der Waals surface area contributed by atoms with Crippen molar-refractivity contribution in [3.05, 3.63) is 0 Å². The summed E-state index contributed by atoms with van der Waals surface area (Å²) in [4.78, 5) is 22.9. The molecule has 4 heteroatoms. The van der Waals surface area contributed by atoms with E-state index in [1.54, 1.807) is 0 Å². The second-order valence-corrected chi connectivity index (χ2v) is 7.19. The third-order valence-electron chi connectivity index (χ3n) is 5.96. The number of fused-ring (bicyclic) bond motifs is 3. The highest BCUT2D eigenvalue weighted by molar-refractivity contribution is 5.87. The first kappa shape index (κ1) is 12.0. The van der Waals surface area contributed by atoms with Crippen LogP contribution in [0.2, 0.25) is 0 Å². The molecule has 100 valence electrons. The number of carbonyl (C=O) groups is 2. The van der Waals surface area contributed by atoms with Gasteiger partial charge in [-0.2, -0.15) is 0 Å². The maximum Gasteiger partial charge on any atom is 0.236 e. The largest absolute Gasteiger partial charge is 0.368 e. The molecule has 3 rings (SSSR count). The van der Waals surface area contributed by atoms with Crippen molar-refractivity contribution in [1.82, 2.24) is 5.32 Å². The molecule has 3 unspecified atom stereocenters. The van der Waals surface area contributed by atoms with Gasteiger partial charge in [0.25, 0.3) is 0 Å². The number of hydrogen-bond donors (Lipinski definition) is 2. The van der Waals surface area contributed by atoms with Gasteiger partial charge in [-0.15, -0.1) is 0 Å². The van der Waals surface area contributed by atoms with E-state index < -0.39 is 5.91 Å². The summed E-state index contributed by atoms with van der Waals surface area (Å²) in [5.74, 6) is 1.71. The van der Waals surface area contributed by atoms with Crippen molar-refractivity contribution in [3.63, 3.8) is 0 Å². The zero-order valence-corrected chi connectivity index (χ0v) is 11.3. The highest BCUT2D eigenvalue weighted by Gasteiger charge is 2.78. The zero-order chi connectivity index (χ0) is 13.3. The van der Waals surface area contributed by atoms with Crippen LogP contribution in [0.15, 0.2) is 0 Å². The molecule has 2 amide bonds. The van der Waals surface area contributed by atoms with Crippen LogP contribution in [0.5, 0.6) is 0 Å². The van der Waals surface area contributed by atoms with Crippen molar-refractivity contribution in [2.75, 3.05) is 6.54 Å². The Labute approximate surface area is 108 Å². The van der Waals surface area contributed by atoms with Crippen LogP contribution < -0.4 is 11.1 Å². The first-order valence-electron chi connectivity index (χ1n) is 6.86. The van der Waals surface area contributed by atoms with Crippen LogP contribution in [-0.2, 0) is 9.59 Å². The predicted molar refractivity (Wildman–Crippen MR) is 67.3 cm³/mol. The molecular weight excluding hydrogens is 228 g/mol. The maximum atomic E-state index is 12.1. The van der Waals surface area contributed by atoms with Crippen LogP contribution in [-0.4, -0.2) is 18.4 Å². The first-order chi connectivity index (χ1) is 8.30. The van der Waals surface area contributed by atoms with E-state index in [1.165, 1.54) is 6.42 Å². The van der Waals surface area contributed by atoms with Crippen molar-refractivity contribution in [2.24, 2.45) is 40.2 Å². The van der Waals surface area contributed by atoms with Gasteiger partial charge in [-0.05, 0) is 41.4 Å². The highest BCUT2D eigenvalue weighted by atomic mass is 16.2. The minimum absolute atomic E-state index is 0.0321. The highest BCUT2D eigenvalue weighted by Crippen LogP contribution is 2.81. The molecule has 18 heavy (non-hydrogen) atoms. The van der Waals surface area contributed by atoms with E-state index in [0.717, 1.165) is 12.3 Å². The molecular formula is C14H22N2O2. The Bertz CT molecular complexity index is 432. The van der Waals surface area contributed by atoms with Crippen LogP contribution in [0.4, 0.5) is 0 Å². The van der Waals surface area contributed by atoms with Gasteiger partial charge < -0.3 is 11.1 Å². The van der Waals surface area contributed by atoms with Crippen LogP contribution in [0.25, 0.3) is 0 Å². The minimum atomic E-state index is -0.471. The minimum Gasteiger partial charge on any atom is -0.368 e. The number of hydrogen-bond acceptors (Lipinski definition) is 2. The zero-order valence-electron chi connectivity index (χ0n) is 11.3. The van der Waals surface area contributed by atoms with Crippen LogP contribution in [0, 0.1) is 34.5 Å². The molecule has 0 aromatic carbocycles. The maximum absolute atomic E-state index is 12.1. The second-order valence-electron chi connectivity index (χ2n) is 7.19. The molecule has 0 bridgehead atoms. The smallest absolute Gasteiger partial charge is 0.236 e. The molecule has 0 saturated heterocycles. The Kier molecular flexibility index (Phi) is 2.19. The van der Waals surface area contributed by atoms with E-state index >= 15 is 0 Å². The summed E-state index contributed by atoms with van der Waals surface area (Å²) in [5.41, 5.74) is 5.66. The van der Waals surface area contributed by atoms with Gasteiger partial charge >= 0.3 is 0 Å². The van der Waals surface area contributed by atoms with E-state index in [-0.39, 0.29) is 23.8 Å². The topological polar surface area (TPSA) is 72.2 Å². The summed E-state index contributed by atoms with van der Waals surface area (Å²) in [7, 11) is 0. The average Bonchev–Trinajstić information content (AvgIpc) is 3.06. The van der Waals surface area contributed by atoms with Crippen molar-refractivity contribution in [2.45, 2.75) is 33.6 Å². The summed E-state index contributed by atoms with van der Waals surface area (Å²) >= 11 is 0. The summed E-state index contributed by atoms with van der Waals surface area (Å²) in [6, 6.07) is 0. The lowest BCUT2D eigenvalue weighted by Crippen LogP contribution is -2.35. The first-order valence-corrected chi connectivity index (χ1v) is 6.86. The van der Waals surface area contributed by atoms with Crippen LogP contribution >= 0.6 is 0 Å². The number of carbonyl (C=O) groups excluding carboxylic acids is 2. The fourth-order valence-corrected chi connectivity index (χ4v) is 4.80. The number of amides is 2. The molecule has 4 nitrogen and oxygen atoms in total. The Morgan fingerprint density at radius 3 is 2.56 bits per heavy atom. The number of nitrogens with one attached hydrogen (secondary N) is 1. The van der Waals surface area contributed by atoms with Crippen molar-refractivity contribution in [1.29, 1.82) is 0 Å². The molecule has 3 fully saturated rings. The Balaban J connectivity index is 1.70. The van der Waals surface area contributed by atoms with Gasteiger partial charge in [0.1, 0.15) is 0 Å². The Morgan fingerprint density at radius 1 is 1.28 bits per heavy atom. The van der Waals surface area contributed by atoms with Crippen LogP contribution in [0.3, 0.4) is 0 Å². The monoisotopic (exact) mass is 250 g/mol. The molecule has 3 aliphatic carbocycles. The van der Waals surface area contributed by atoms with Crippen LogP contribution in [0.1, 0.15) is 33.6 Å². The third-order valence-corrected chi connectivity index (χ3v) is 5.96. The average molecular weight is 250 g/mol.